The lowest BCUT2D eigenvalue weighted by molar-refractivity contribution is -0.133. The number of ether oxygens (including phenoxy) is 1. The Labute approximate surface area is 113 Å². The van der Waals surface area contributed by atoms with E-state index >= 15 is 0 Å². The number of nitrogens with one attached hydrogen (secondary N) is 1. The fourth-order valence-electron chi connectivity index (χ4n) is 1.73. The second-order valence-electron chi connectivity index (χ2n) is 3.99. The van der Waals surface area contributed by atoms with Crippen molar-refractivity contribution in [1.29, 1.82) is 0 Å². The van der Waals surface area contributed by atoms with Gasteiger partial charge >= 0.3 is 0 Å². The summed E-state index contributed by atoms with van der Waals surface area (Å²) in [7, 11) is 0. The third kappa shape index (κ3) is 3.43. The van der Waals surface area contributed by atoms with E-state index in [2.05, 4.69) is 21.2 Å². The van der Waals surface area contributed by atoms with E-state index < -0.39 is 5.82 Å². The van der Waals surface area contributed by atoms with Gasteiger partial charge in [-0.1, -0.05) is 15.9 Å². The number of piperazine rings is 1. The maximum absolute atomic E-state index is 13.4. The number of hydrogen-bond donors (Lipinski definition) is 1. The van der Waals surface area contributed by atoms with E-state index in [0.29, 0.717) is 17.6 Å². The molecule has 6 heteroatoms. The van der Waals surface area contributed by atoms with E-state index in [-0.39, 0.29) is 18.3 Å². The maximum Gasteiger partial charge on any atom is 0.260 e. The first kappa shape index (κ1) is 13.3. The summed E-state index contributed by atoms with van der Waals surface area (Å²) < 4.78 is 19.3. The number of rotatable bonds is 3. The topological polar surface area (TPSA) is 41.6 Å². The second kappa shape index (κ2) is 6.15. The highest BCUT2D eigenvalue weighted by atomic mass is 79.9. The standard InChI is InChI=1S/C12H14BrFN2O2/c13-9-1-2-10(14)11(7-9)18-8-12(17)16-5-3-15-4-6-16/h1-2,7,15H,3-6,8H2. The number of carbonyl (C=O) groups is 1. The van der Waals surface area contributed by atoms with Crippen molar-refractivity contribution in [2.75, 3.05) is 32.8 Å². The summed E-state index contributed by atoms with van der Waals surface area (Å²) in [5, 5.41) is 3.16. The first-order chi connectivity index (χ1) is 8.66. The van der Waals surface area contributed by atoms with E-state index in [9.17, 15) is 9.18 Å². The van der Waals surface area contributed by atoms with Crippen LogP contribution < -0.4 is 10.1 Å². The van der Waals surface area contributed by atoms with Gasteiger partial charge in [-0.15, -0.1) is 0 Å². The molecule has 1 aromatic carbocycles. The average Bonchev–Trinajstić information content (AvgIpc) is 2.40. The second-order valence-corrected chi connectivity index (χ2v) is 4.91. The predicted octanol–water partition coefficient (Wildman–Crippen LogP) is 1.40. The Morgan fingerprint density at radius 3 is 2.89 bits per heavy atom. The summed E-state index contributed by atoms with van der Waals surface area (Å²) >= 11 is 3.23. The van der Waals surface area contributed by atoms with Crippen molar-refractivity contribution < 1.29 is 13.9 Å². The molecule has 1 aromatic rings. The molecule has 0 aliphatic carbocycles. The molecule has 0 unspecified atom stereocenters. The lowest BCUT2D eigenvalue weighted by Crippen LogP contribution is -2.47. The van der Waals surface area contributed by atoms with Crippen molar-refractivity contribution in [1.82, 2.24) is 10.2 Å². The fourth-order valence-corrected chi connectivity index (χ4v) is 2.07. The minimum atomic E-state index is -0.466. The molecule has 1 fully saturated rings. The molecule has 18 heavy (non-hydrogen) atoms. The molecule has 0 bridgehead atoms. The van der Waals surface area contributed by atoms with E-state index in [1.54, 1.807) is 11.0 Å². The first-order valence-electron chi connectivity index (χ1n) is 5.73. The molecule has 1 N–H and O–H groups in total. The molecule has 1 aliphatic heterocycles. The average molecular weight is 317 g/mol. The minimum absolute atomic E-state index is 0.0906. The molecular weight excluding hydrogens is 303 g/mol. The van der Waals surface area contributed by atoms with Gasteiger partial charge in [0.25, 0.3) is 5.91 Å². The maximum atomic E-state index is 13.4. The Kier molecular flexibility index (Phi) is 4.54. The van der Waals surface area contributed by atoms with Crippen LogP contribution in [0.2, 0.25) is 0 Å². The van der Waals surface area contributed by atoms with Crippen LogP contribution in [0.3, 0.4) is 0 Å². The Morgan fingerprint density at radius 2 is 2.17 bits per heavy atom. The number of benzene rings is 1. The van der Waals surface area contributed by atoms with Crippen LogP contribution in [0.25, 0.3) is 0 Å². The zero-order valence-corrected chi connectivity index (χ0v) is 11.4. The highest BCUT2D eigenvalue weighted by molar-refractivity contribution is 9.10. The lowest BCUT2D eigenvalue weighted by atomic mass is 10.3. The largest absolute Gasteiger partial charge is 0.481 e. The highest BCUT2D eigenvalue weighted by Crippen LogP contribution is 2.22. The summed E-state index contributed by atoms with van der Waals surface area (Å²) in [4.78, 5) is 13.5. The number of hydrogen-bond acceptors (Lipinski definition) is 3. The molecule has 1 saturated heterocycles. The zero-order chi connectivity index (χ0) is 13.0. The third-order valence-electron chi connectivity index (χ3n) is 2.71. The van der Waals surface area contributed by atoms with Gasteiger partial charge in [0.1, 0.15) is 0 Å². The smallest absolute Gasteiger partial charge is 0.260 e. The van der Waals surface area contributed by atoms with Crippen molar-refractivity contribution in [3.63, 3.8) is 0 Å². The fraction of sp³-hybridized carbons (Fsp3) is 0.417. The van der Waals surface area contributed by atoms with Gasteiger partial charge in [-0.25, -0.2) is 4.39 Å². The Balaban J connectivity index is 1.90. The molecule has 4 nitrogen and oxygen atoms in total. The van der Waals surface area contributed by atoms with Gasteiger partial charge in [-0.2, -0.15) is 0 Å². The van der Waals surface area contributed by atoms with Crippen LogP contribution >= 0.6 is 15.9 Å². The van der Waals surface area contributed by atoms with Gasteiger partial charge in [-0.05, 0) is 18.2 Å². The normalized spacial score (nSPS) is 15.6. The van der Waals surface area contributed by atoms with Crippen LogP contribution in [0, 0.1) is 5.82 Å². The van der Waals surface area contributed by atoms with Crippen LogP contribution in [-0.4, -0.2) is 43.6 Å². The van der Waals surface area contributed by atoms with Gasteiger partial charge in [0.05, 0.1) is 0 Å². The van der Waals surface area contributed by atoms with Crippen LogP contribution in [0.1, 0.15) is 0 Å². The monoisotopic (exact) mass is 316 g/mol. The van der Waals surface area contributed by atoms with Crippen LogP contribution in [0.4, 0.5) is 4.39 Å². The first-order valence-corrected chi connectivity index (χ1v) is 6.52. The van der Waals surface area contributed by atoms with Crippen LogP contribution in [0.15, 0.2) is 22.7 Å². The molecule has 1 aliphatic rings. The van der Waals surface area contributed by atoms with Crippen molar-refractivity contribution in [3.8, 4) is 5.75 Å². The Bertz CT molecular complexity index is 436. The quantitative estimate of drug-likeness (QED) is 0.916. The minimum Gasteiger partial charge on any atom is -0.481 e. The van der Waals surface area contributed by atoms with Gasteiger partial charge in [0.15, 0.2) is 18.2 Å². The number of nitrogens with zero attached hydrogens (tertiary/aromatic N) is 1. The van der Waals surface area contributed by atoms with E-state index in [1.165, 1.54) is 12.1 Å². The van der Waals surface area contributed by atoms with Crippen molar-refractivity contribution in [2.45, 2.75) is 0 Å². The number of halogens is 2. The molecule has 0 spiro atoms. The summed E-state index contributed by atoms with van der Waals surface area (Å²) in [6.07, 6.45) is 0. The van der Waals surface area contributed by atoms with Crippen molar-refractivity contribution in [2.24, 2.45) is 0 Å². The highest BCUT2D eigenvalue weighted by Gasteiger charge is 2.17. The zero-order valence-electron chi connectivity index (χ0n) is 9.79. The molecule has 98 valence electrons. The predicted molar refractivity (Wildman–Crippen MR) is 69.0 cm³/mol. The van der Waals surface area contributed by atoms with Gasteiger partial charge in [-0.3, -0.25) is 4.79 Å². The van der Waals surface area contributed by atoms with Crippen molar-refractivity contribution in [3.05, 3.63) is 28.5 Å². The molecule has 0 aromatic heterocycles. The number of carbonyl (C=O) groups excluding carboxylic acids is 1. The summed E-state index contributed by atoms with van der Waals surface area (Å²) in [5.74, 6) is -0.491. The van der Waals surface area contributed by atoms with E-state index in [4.69, 9.17) is 4.74 Å². The van der Waals surface area contributed by atoms with E-state index in [1.807, 2.05) is 0 Å². The summed E-state index contributed by atoms with van der Waals surface area (Å²) in [6.45, 7) is 2.79. The van der Waals surface area contributed by atoms with Gasteiger partial charge in [0, 0.05) is 30.7 Å². The van der Waals surface area contributed by atoms with Gasteiger partial charge < -0.3 is 15.0 Å². The Hall–Kier alpha value is -1.14. The third-order valence-corrected chi connectivity index (χ3v) is 3.21. The molecule has 0 atom stereocenters. The molecule has 0 saturated carbocycles. The molecule has 1 heterocycles. The van der Waals surface area contributed by atoms with Crippen LogP contribution in [-0.2, 0) is 4.79 Å². The van der Waals surface area contributed by atoms with Gasteiger partial charge in [0.2, 0.25) is 0 Å². The summed E-state index contributed by atoms with van der Waals surface area (Å²) in [5.41, 5.74) is 0. The SMILES string of the molecule is O=C(COc1cc(Br)ccc1F)N1CCNCC1. The molecule has 2 rings (SSSR count). The van der Waals surface area contributed by atoms with Crippen LogP contribution in [0.5, 0.6) is 5.75 Å². The Morgan fingerprint density at radius 1 is 1.44 bits per heavy atom. The lowest BCUT2D eigenvalue weighted by Gasteiger charge is -2.27. The molecule has 1 amide bonds. The number of amides is 1. The summed E-state index contributed by atoms with van der Waals surface area (Å²) in [6, 6.07) is 4.40. The van der Waals surface area contributed by atoms with E-state index in [0.717, 1.165) is 13.1 Å². The van der Waals surface area contributed by atoms with Crippen molar-refractivity contribution >= 4 is 21.8 Å². The molecular formula is C12H14BrFN2O2. The molecule has 0 radical (unpaired) electrons.